The van der Waals surface area contributed by atoms with Crippen LogP contribution in [0.3, 0.4) is 0 Å². The standard InChI is InChI=1S/C24H20ClF3N4O4S/c1-3-21(33)31-23(8-9-23)20-7-4-15(13-29-20)36-22-19(10-14(2)12-30-22)32-37(34,35)16-5-6-18(25)17(11-16)24(26,27)28/h3-7,10-13,32H,1,8-9H2,2H3,(H,31,33). The molecule has 2 N–H and O–H groups in total. The molecule has 1 aromatic carbocycles. The smallest absolute Gasteiger partial charge is 0.417 e. The van der Waals surface area contributed by atoms with Crippen LogP contribution in [0, 0.1) is 6.92 Å². The zero-order valence-corrected chi connectivity index (χ0v) is 20.8. The summed E-state index contributed by atoms with van der Waals surface area (Å²) in [7, 11) is -4.47. The molecule has 1 aliphatic rings. The van der Waals surface area contributed by atoms with Gasteiger partial charge < -0.3 is 10.1 Å². The number of nitrogens with zero attached hydrogens (tertiary/aromatic N) is 2. The molecule has 37 heavy (non-hydrogen) atoms. The molecule has 2 aromatic heterocycles. The number of aromatic nitrogens is 2. The summed E-state index contributed by atoms with van der Waals surface area (Å²) < 4.78 is 73.5. The van der Waals surface area contributed by atoms with Gasteiger partial charge in [0.2, 0.25) is 11.8 Å². The van der Waals surface area contributed by atoms with Gasteiger partial charge in [-0.15, -0.1) is 0 Å². The van der Waals surface area contributed by atoms with Crippen LogP contribution >= 0.6 is 11.6 Å². The third kappa shape index (κ3) is 5.86. The van der Waals surface area contributed by atoms with Crippen molar-refractivity contribution in [2.75, 3.05) is 4.72 Å². The van der Waals surface area contributed by atoms with Crippen LogP contribution in [0.5, 0.6) is 11.6 Å². The average Bonchev–Trinajstić information content (AvgIpc) is 3.60. The predicted octanol–water partition coefficient (Wildman–Crippen LogP) is 5.34. The molecule has 4 rings (SSSR count). The molecular formula is C24H20ClF3N4O4S. The van der Waals surface area contributed by atoms with Crippen LogP contribution in [0.4, 0.5) is 18.9 Å². The van der Waals surface area contributed by atoms with E-state index in [1.165, 1.54) is 24.5 Å². The maximum Gasteiger partial charge on any atom is 0.417 e. The summed E-state index contributed by atoms with van der Waals surface area (Å²) in [5, 5.41) is 2.22. The highest BCUT2D eigenvalue weighted by Gasteiger charge is 2.46. The number of pyridine rings is 2. The minimum absolute atomic E-state index is 0.0931. The second-order valence-corrected chi connectivity index (χ2v) is 10.5. The Morgan fingerprint density at radius 3 is 2.49 bits per heavy atom. The van der Waals surface area contributed by atoms with E-state index in [0.717, 1.165) is 12.1 Å². The summed E-state index contributed by atoms with van der Waals surface area (Å²) in [6.45, 7) is 5.10. The van der Waals surface area contributed by atoms with Crippen molar-refractivity contribution in [1.82, 2.24) is 15.3 Å². The lowest BCUT2D eigenvalue weighted by atomic mass is 10.1. The van der Waals surface area contributed by atoms with Crippen LogP contribution in [-0.4, -0.2) is 24.3 Å². The van der Waals surface area contributed by atoms with E-state index in [2.05, 4.69) is 26.6 Å². The average molecular weight is 553 g/mol. The van der Waals surface area contributed by atoms with Gasteiger partial charge in [-0.05, 0) is 67.8 Å². The number of hydrogen-bond donors (Lipinski definition) is 2. The predicted molar refractivity (Wildman–Crippen MR) is 130 cm³/mol. The number of anilines is 1. The van der Waals surface area contributed by atoms with Gasteiger partial charge >= 0.3 is 6.18 Å². The first-order valence-corrected chi connectivity index (χ1v) is 12.6. The summed E-state index contributed by atoms with van der Waals surface area (Å²) in [4.78, 5) is 19.5. The Morgan fingerprint density at radius 2 is 1.89 bits per heavy atom. The zero-order chi connectivity index (χ0) is 27.0. The van der Waals surface area contributed by atoms with Crippen molar-refractivity contribution in [2.24, 2.45) is 0 Å². The number of nitrogens with one attached hydrogen (secondary N) is 2. The molecule has 0 saturated heterocycles. The number of hydrogen-bond acceptors (Lipinski definition) is 6. The number of aryl methyl sites for hydroxylation is 1. The molecule has 0 bridgehead atoms. The maximum atomic E-state index is 13.2. The Balaban J connectivity index is 1.58. The molecule has 0 atom stereocenters. The molecule has 194 valence electrons. The molecule has 1 saturated carbocycles. The highest BCUT2D eigenvalue weighted by molar-refractivity contribution is 7.92. The summed E-state index contributed by atoms with van der Waals surface area (Å²) in [6, 6.07) is 6.95. The first-order chi connectivity index (χ1) is 17.3. The van der Waals surface area contributed by atoms with Crippen molar-refractivity contribution in [1.29, 1.82) is 0 Å². The number of ether oxygens (including phenoxy) is 1. The molecule has 2 heterocycles. The molecule has 0 radical (unpaired) electrons. The molecule has 0 aliphatic heterocycles. The SMILES string of the molecule is C=CC(=O)NC1(c2ccc(Oc3ncc(C)cc3NS(=O)(=O)c3ccc(Cl)c(C(F)(F)F)c3)cn2)CC1. The second kappa shape index (κ2) is 9.67. The van der Waals surface area contributed by atoms with Gasteiger partial charge in [0.15, 0.2) is 0 Å². The van der Waals surface area contributed by atoms with Crippen LogP contribution < -0.4 is 14.8 Å². The van der Waals surface area contributed by atoms with Crippen LogP contribution in [0.15, 0.2) is 66.3 Å². The van der Waals surface area contributed by atoms with Gasteiger partial charge in [-0.25, -0.2) is 13.4 Å². The lowest BCUT2D eigenvalue weighted by Crippen LogP contribution is -2.34. The molecular weight excluding hydrogens is 533 g/mol. The normalized spacial score (nSPS) is 14.5. The topological polar surface area (TPSA) is 110 Å². The van der Waals surface area contributed by atoms with E-state index in [9.17, 15) is 26.4 Å². The Kier molecular flexibility index (Phi) is 6.91. The molecule has 1 aliphatic carbocycles. The number of rotatable bonds is 8. The van der Waals surface area contributed by atoms with Crippen LogP contribution in [0.1, 0.15) is 29.7 Å². The highest BCUT2D eigenvalue weighted by atomic mass is 35.5. The maximum absolute atomic E-state index is 13.2. The Hall–Kier alpha value is -3.64. The first kappa shape index (κ1) is 26.4. The monoisotopic (exact) mass is 552 g/mol. The highest BCUT2D eigenvalue weighted by Crippen LogP contribution is 2.45. The molecule has 1 amide bonds. The minimum atomic E-state index is -4.84. The van der Waals surface area contributed by atoms with Crippen molar-refractivity contribution in [3.05, 3.63) is 83.3 Å². The van der Waals surface area contributed by atoms with Gasteiger partial charge in [0.1, 0.15) is 11.4 Å². The number of carbonyl (C=O) groups excluding carboxylic acids is 1. The number of carbonyl (C=O) groups is 1. The van der Waals surface area contributed by atoms with Crippen LogP contribution in [-0.2, 0) is 26.5 Å². The molecule has 0 unspecified atom stereocenters. The Bertz CT molecular complexity index is 1470. The van der Waals surface area contributed by atoms with E-state index in [1.54, 1.807) is 19.1 Å². The fourth-order valence-corrected chi connectivity index (χ4v) is 4.79. The summed E-state index contributed by atoms with van der Waals surface area (Å²) in [6.07, 6.45) is 0.594. The van der Waals surface area contributed by atoms with E-state index in [0.29, 0.717) is 30.2 Å². The summed E-state index contributed by atoms with van der Waals surface area (Å²) in [5.74, 6) is -0.240. The van der Waals surface area contributed by atoms with E-state index >= 15 is 0 Å². The zero-order valence-electron chi connectivity index (χ0n) is 19.3. The largest absolute Gasteiger partial charge is 0.435 e. The van der Waals surface area contributed by atoms with E-state index < -0.39 is 37.2 Å². The molecule has 13 heteroatoms. The Labute approximate surface area is 215 Å². The summed E-state index contributed by atoms with van der Waals surface area (Å²) in [5.41, 5.74) is -0.750. The van der Waals surface area contributed by atoms with Crippen molar-refractivity contribution in [2.45, 2.75) is 36.4 Å². The van der Waals surface area contributed by atoms with Crippen LogP contribution in [0.2, 0.25) is 5.02 Å². The van der Waals surface area contributed by atoms with Crippen molar-refractivity contribution >= 4 is 33.2 Å². The van der Waals surface area contributed by atoms with E-state index in [-0.39, 0.29) is 23.2 Å². The fraction of sp³-hybridized carbons (Fsp3) is 0.208. The Morgan fingerprint density at radius 1 is 1.16 bits per heavy atom. The van der Waals surface area contributed by atoms with Gasteiger partial charge in [-0.3, -0.25) is 14.5 Å². The third-order valence-corrected chi connectivity index (χ3v) is 7.22. The van der Waals surface area contributed by atoms with E-state index in [4.69, 9.17) is 16.3 Å². The number of halogens is 4. The van der Waals surface area contributed by atoms with Crippen molar-refractivity contribution in [3.8, 4) is 11.6 Å². The number of benzene rings is 1. The van der Waals surface area contributed by atoms with Crippen molar-refractivity contribution in [3.63, 3.8) is 0 Å². The lowest BCUT2D eigenvalue weighted by Gasteiger charge is -2.17. The molecule has 8 nitrogen and oxygen atoms in total. The molecule has 0 spiro atoms. The second-order valence-electron chi connectivity index (χ2n) is 8.37. The van der Waals surface area contributed by atoms with Crippen molar-refractivity contribution < 1.29 is 31.1 Å². The minimum Gasteiger partial charge on any atom is -0.435 e. The lowest BCUT2D eigenvalue weighted by molar-refractivity contribution is -0.137. The fourth-order valence-electron chi connectivity index (χ4n) is 3.50. The third-order valence-electron chi connectivity index (χ3n) is 5.52. The van der Waals surface area contributed by atoms with Crippen LogP contribution in [0.25, 0.3) is 0 Å². The van der Waals surface area contributed by atoms with Gasteiger partial charge in [0, 0.05) is 6.20 Å². The summed E-state index contributed by atoms with van der Waals surface area (Å²) >= 11 is 5.61. The quantitative estimate of drug-likeness (QED) is 0.365. The van der Waals surface area contributed by atoms with E-state index in [1.807, 2.05) is 0 Å². The number of sulfonamides is 1. The first-order valence-electron chi connectivity index (χ1n) is 10.8. The number of alkyl halides is 3. The van der Waals surface area contributed by atoms with Gasteiger partial charge in [-0.2, -0.15) is 13.2 Å². The number of amides is 1. The molecule has 1 fully saturated rings. The van der Waals surface area contributed by atoms with Gasteiger partial charge in [0.25, 0.3) is 10.0 Å². The van der Waals surface area contributed by atoms with Gasteiger partial charge in [0.05, 0.1) is 32.9 Å². The molecule has 3 aromatic rings. The van der Waals surface area contributed by atoms with Gasteiger partial charge in [-0.1, -0.05) is 18.2 Å².